The molecular formula is C40H40BClN6O10. The lowest BCUT2D eigenvalue weighted by molar-refractivity contribution is -0.385. The van der Waals surface area contributed by atoms with Crippen LogP contribution < -0.4 is 24.4 Å². The molecule has 0 saturated carbocycles. The fourth-order valence-corrected chi connectivity index (χ4v) is 5.61. The summed E-state index contributed by atoms with van der Waals surface area (Å²) in [5, 5.41) is 40.3. The topological polar surface area (TPSA) is 215 Å². The summed E-state index contributed by atoms with van der Waals surface area (Å²) in [6, 6.07) is 27.7. The Morgan fingerprint density at radius 2 is 1.14 bits per heavy atom. The molecule has 0 aliphatic rings. The van der Waals surface area contributed by atoms with Gasteiger partial charge in [-0.3, -0.25) is 20.2 Å². The number of para-hydroxylation sites is 2. The molecule has 0 spiro atoms. The molecule has 0 aliphatic carbocycles. The Balaban J connectivity index is 0.000000209. The number of rotatable bonds is 14. The molecule has 6 rings (SSSR count). The molecule has 0 saturated heterocycles. The molecule has 2 aromatic heterocycles. The molecule has 0 amide bonds. The zero-order chi connectivity index (χ0) is 42.0. The smallest absolute Gasteiger partial charge is 0.492 e. The number of ether oxygens (including phenoxy) is 4. The lowest BCUT2D eigenvalue weighted by atomic mass is 9.80. The van der Waals surface area contributed by atoms with E-state index >= 15 is 0 Å². The van der Waals surface area contributed by atoms with Crippen molar-refractivity contribution in [2.24, 2.45) is 0 Å². The van der Waals surface area contributed by atoms with E-state index in [1.54, 1.807) is 54.6 Å². The first-order valence-electron chi connectivity index (χ1n) is 17.7. The lowest BCUT2D eigenvalue weighted by Crippen LogP contribution is -2.31. The van der Waals surface area contributed by atoms with Gasteiger partial charge in [-0.2, -0.15) is 0 Å². The quantitative estimate of drug-likeness (QED) is 0.0523. The van der Waals surface area contributed by atoms with Crippen molar-refractivity contribution in [2.45, 2.75) is 26.7 Å². The summed E-state index contributed by atoms with van der Waals surface area (Å²) in [5.74, 6) is 1.74. The summed E-state index contributed by atoms with van der Waals surface area (Å²) in [4.78, 5) is 37.7. The largest absolute Gasteiger partial charge is 0.494 e. The van der Waals surface area contributed by atoms with Crippen molar-refractivity contribution in [3.05, 3.63) is 158 Å². The van der Waals surface area contributed by atoms with Gasteiger partial charge in [-0.15, -0.1) is 0 Å². The van der Waals surface area contributed by atoms with Crippen LogP contribution in [0.5, 0.6) is 23.0 Å². The lowest BCUT2D eigenvalue weighted by Gasteiger charge is -2.10. The van der Waals surface area contributed by atoms with Gasteiger partial charge >= 0.3 is 18.5 Å². The summed E-state index contributed by atoms with van der Waals surface area (Å²) < 4.78 is 20.8. The molecule has 4 aromatic carbocycles. The predicted octanol–water partition coefficient (Wildman–Crippen LogP) is 6.45. The Morgan fingerprint density at radius 3 is 1.66 bits per heavy atom. The van der Waals surface area contributed by atoms with E-state index in [0.717, 1.165) is 33.8 Å². The standard InChI is InChI=1S/C20H19N3O4.C12H10ClN3O3.C8H11BO3/c1-3-27-19-7-5-4-6-16(19)17-12-15(21-13-22-17)10-14-8-9-20(26-2)18(11-14)23(24)25;1-19-11-3-2-8(5-10(11)16(17)18)4-9-6-12(13)15-7-14-9;1-2-12-8-6-4-3-5-7(8)9(10)11/h4-9,11-13H,3,10H2,1-2H3;2-3,5-7H,4H2,1H3;3-6,10-11H,2H2,1H3. The Hall–Kier alpha value is -6.69. The first kappa shape index (κ1) is 44.0. The Bertz CT molecular complexity index is 2300. The number of nitro groups is 2. The van der Waals surface area contributed by atoms with Gasteiger partial charge in [-0.25, -0.2) is 19.9 Å². The molecule has 0 aliphatic heterocycles. The van der Waals surface area contributed by atoms with Crippen LogP contribution in [0.1, 0.15) is 36.4 Å². The Labute approximate surface area is 339 Å². The van der Waals surface area contributed by atoms with E-state index in [2.05, 4.69) is 19.9 Å². The third-order valence-electron chi connectivity index (χ3n) is 8.02. The molecule has 300 valence electrons. The molecule has 58 heavy (non-hydrogen) atoms. The van der Waals surface area contributed by atoms with Gasteiger partial charge in [-0.1, -0.05) is 54.1 Å². The number of benzene rings is 4. The molecule has 6 aromatic rings. The van der Waals surface area contributed by atoms with Gasteiger partial charge in [0.05, 0.1) is 43.0 Å². The predicted molar refractivity (Wildman–Crippen MR) is 218 cm³/mol. The summed E-state index contributed by atoms with van der Waals surface area (Å²) in [5.41, 5.74) is 4.86. The molecule has 0 atom stereocenters. The molecule has 2 heterocycles. The van der Waals surface area contributed by atoms with Crippen molar-refractivity contribution in [3.8, 4) is 34.3 Å². The van der Waals surface area contributed by atoms with Crippen molar-refractivity contribution in [1.29, 1.82) is 0 Å². The molecule has 0 unspecified atom stereocenters. The number of methoxy groups -OCH3 is 2. The minimum atomic E-state index is -1.47. The zero-order valence-corrected chi connectivity index (χ0v) is 32.8. The van der Waals surface area contributed by atoms with Crippen molar-refractivity contribution in [3.63, 3.8) is 0 Å². The fraction of sp³-hybridized carbons (Fsp3) is 0.200. The van der Waals surface area contributed by atoms with Crippen LogP contribution in [0.4, 0.5) is 11.4 Å². The monoisotopic (exact) mass is 810 g/mol. The highest BCUT2D eigenvalue weighted by Gasteiger charge is 2.18. The first-order chi connectivity index (χ1) is 28.0. The molecule has 0 radical (unpaired) electrons. The van der Waals surface area contributed by atoms with Gasteiger partial charge < -0.3 is 29.0 Å². The number of nitro benzene ring substituents is 2. The minimum absolute atomic E-state index is 0.0639. The number of nitrogens with zero attached hydrogens (tertiary/aromatic N) is 6. The maximum Gasteiger partial charge on any atom is 0.492 e. The molecule has 0 fully saturated rings. The van der Waals surface area contributed by atoms with Gasteiger partial charge in [0.25, 0.3) is 0 Å². The van der Waals surface area contributed by atoms with Crippen LogP contribution in [0.2, 0.25) is 5.15 Å². The van der Waals surface area contributed by atoms with Crippen LogP contribution in [0.3, 0.4) is 0 Å². The van der Waals surface area contributed by atoms with Crippen molar-refractivity contribution in [1.82, 2.24) is 19.9 Å². The van der Waals surface area contributed by atoms with Crippen LogP contribution >= 0.6 is 11.6 Å². The molecular weight excluding hydrogens is 771 g/mol. The van der Waals surface area contributed by atoms with Crippen LogP contribution in [-0.2, 0) is 12.8 Å². The summed E-state index contributed by atoms with van der Waals surface area (Å²) in [7, 11) is 1.34. The summed E-state index contributed by atoms with van der Waals surface area (Å²) in [6.45, 7) is 4.85. The van der Waals surface area contributed by atoms with Crippen molar-refractivity contribution >= 4 is 35.6 Å². The summed E-state index contributed by atoms with van der Waals surface area (Å²) in [6.07, 6.45) is 3.73. The fourth-order valence-electron chi connectivity index (χ4n) is 5.44. The highest BCUT2D eigenvalue weighted by molar-refractivity contribution is 6.59. The van der Waals surface area contributed by atoms with E-state index in [1.807, 2.05) is 44.2 Å². The van der Waals surface area contributed by atoms with E-state index < -0.39 is 17.0 Å². The average Bonchev–Trinajstić information content (AvgIpc) is 3.22. The van der Waals surface area contributed by atoms with Crippen molar-refractivity contribution < 1.29 is 38.8 Å². The molecule has 2 N–H and O–H groups in total. The SMILES string of the molecule is CCOc1ccccc1-c1cc(Cc2ccc(OC)c([N+](=O)[O-])c2)ncn1.CCOc1ccccc1B(O)O.COc1ccc(Cc2cc(Cl)ncn2)cc1[N+](=O)[O-]. The minimum Gasteiger partial charge on any atom is -0.494 e. The molecule has 18 heteroatoms. The van der Waals surface area contributed by atoms with E-state index in [-0.39, 0.29) is 22.9 Å². The van der Waals surface area contributed by atoms with Gasteiger partial charge in [0.1, 0.15) is 29.3 Å². The highest BCUT2D eigenvalue weighted by Crippen LogP contribution is 2.31. The number of halogens is 1. The van der Waals surface area contributed by atoms with Gasteiger partial charge in [0.15, 0.2) is 11.5 Å². The zero-order valence-electron chi connectivity index (χ0n) is 32.0. The second-order valence-corrected chi connectivity index (χ2v) is 12.3. The third-order valence-corrected chi connectivity index (χ3v) is 8.23. The second-order valence-electron chi connectivity index (χ2n) is 11.9. The van der Waals surface area contributed by atoms with E-state index in [9.17, 15) is 20.2 Å². The number of aromatic nitrogens is 4. The number of hydrogen-bond acceptors (Lipinski definition) is 14. The average molecular weight is 811 g/mol. The summed E-state index contributed by atoms with van der Waals surface area (Å²) >= 11 is 5.76. The molecule has 0 bridgehead atoms. The second kappa shape index (κ2) is 22.2. The van der Waals surface area contributed by atoms with Crippen LogP contribution in [-0.4, -0.2) is 74.4 Å². The van der Waals surface area contributed by atoms with Gasteiger partial charge in [-0.05, 0) is 67.4 Å². The van der Waals surface area contributed by atoms with E-state index in [1.165, 1.54) is 39.0 Å². The van der Waals surface area contributed by atoms with Crippen LogP contribution in [0.15, 0.2) is 110 Å². The highest BCUT2D eigenvalue weighted by atomic mass is 35.5. The van der Waals surface area contributed by atoms with Gasteiger partial charge in [0.2, 0.25) is 0 Å². The molecule has 16 nitrogen and oxygen atoms in total. The van der Waals surface area contributed by atoms with Crippen LogP contribution in [0, 0.1) is 20.2 Å². The van der Waals surface area contributed by atoms with Gasteiger partial charge in [0, 0.05) is 47.4 Å². The third kappa shape index (κ3) is 12.7. The Kier molecular flexibility index (Phi) is 16.8. The first-order valence-corrected chi connectivity index (χ1v) is 18.1. The maximum absolute atomic E-state index is 11.2. The maximum atomic E-state index is 11.2. The van der Waals surface area contributed by atoms with Crippen molar-refractivity contribution in [2.75, 3.05) is 27.4 Å². The van der Waals surface area contributed by atoms with E-state index in [4.69, 9.17) is 40.6 Å². The number of hydrogen-bond donors (Lipinski definition) is 2. The van der Waals surface area contributed by atoms with E-state index in [0.29, 0.717) is 48.1 Å². The van der Waals surface area contributed by atoms with Crippen LogP contribution in [0.25, 0.3) is 11.3 Å². The Morgan fingerprint density at radius 1 is 0.638 bits per heavy atom. The normalized spacial score (nSPS) is 10.2.